The Morgan fingerprint density at radius 1 is 1.38 bits per heavy atom. The second kappa shape index (κ2) is 7.30. The summed E-state index contributed by atoms with van der Waals surface area (Å²) in [6.07, 6.45) is 6.52. The highest BCUT2D eigenvalue weighted by atomic mass is 16.5. The Kier molecular flexibility index (Phi) is 5.96. The summed E-state index contributed by atoms with van der Waals surface area (Å²) in [6, 6.07) is 0.135. The Balaban J connectivity index is 2.56. The molecule has 16 heavy (non-hydrogen) atoms. The van der Waals surface area contributed by atoms with Crippen molar-refractivity contribution in [3.8, 4) is 0 Å². The van der Waals surface area contributed by atoms with Gasteiger partial charge in [-0.3, -0.25) is 9.97 Å². The van der Waals surface area contributed by atoms with E-state index in [1.165, 1.54) is 0 Å². The van der Waals surface area contributed by atoms with Gasteiger partial charge in [0.05, 0.1) is 30.6 Å². The summed E-state index contributed by atoms with van der Waals surface area (Å²) in [6.45, 7) is 7.81. The minimum atomic E-state index is 0.135. The first-order valence-corrected chi connectivity index (χ1v) is 5.85. The maximum atomic E-state index is 5.63. The molecular formula is C12H21N3O. The van der Waals surface area contributed by atoms with Gasteiger partial charge in [-0.25, -0.2) is 0 Å². The zero-order valence-corrected chi connectivity index (χ0v) is 10.3. The fourth-order valence-corrected chi connectivity index (χ4v) is 1.35. The molecule has 4 nitrogen and oxygen atoms in total. The molecule has 0 saturated heterocycles. The highest BCUT2D eigenvalue weighted by Gasteiger charge is 2.12. The van der Waals surface area contributed by atoms with Crippen molar-refractivity contribution in [3.05, 3.63) is 24.3 Å². The van der Waals surface area contributed by atoms with Gasteiger partial charge < -0.3 is 10.1 Å². The van der Waals surface area contributed by atoms with Crippen LogP contribution in [0.1, 0.15) is 38.9 Å². The van der Waals surface area contributed by atoms with E-state index >= 15 is 0 Å². The number of rotatable bonds is 7. The molecule has 0 aliphatic rings. The number of nitrogens with one attached hydrogen (secondary N) is 1. The van der Waals surface area contributed by atoms with Crippen molar-refractivity contribution < 1.29 is 4.74 Å². The Bertz CT molecular complexity index is 277. The maximum Gasteiger partial charge on any atom is 0.0779 e. The molecule has 1 unspecified atom stereocenters. The van der Waals surface area contributed by atoms with E-state index in [2.05, 4.69) is 22.2 Å². The minimum absolute atomic E-state index is 0.135. The molecule has 0 fully saturated rings. The fraction of sp³-hybridized carbons (Fsp3) is 0.667. The van der Waals surface area contributed by atoms with Crippen LogP contribution in [0.3, 0.4) is 0 Å². The smallest absolute Gasteiger partial charge is 0.0779 e. The molecule has 1 aromatic heterocycles. The van der Waals surface area contributed by atoms with Gasteiger partial charge >= 0.3 is 0 Å². The van der Waals surface area contributed by atoms with E-state index in [4.69, 9.17) is 4.74 Å². The normalized spacial score (nSPS) is 13.0. The van der Waals surface area contributed by atoms with Crippen molar-refractivity contribution >= 4 is 0 Å². The van der Waals surface area contributed by atoms with E-state index in [0.29, 0.717) is 6.61 Å². The number of hydrogen-bond donors (Lipinski definition) is 1. The van der Waals surface area contributed by atoms with Gasteiger partial charge in [0, 0.05) is 12.4 Å². The van der Waals surface area contributed by atoms with E-state index in [0.717, 1.165) is 18.7 Å². The van der Waals surface area contributed by atoms with Crippen LogP contribution in [0.4, 0.5) is 0 Å². The summed E-state index contributed by atoms with van der Waals surface area (Å²) in [5.74, 6) is 0. The highest BCUT2D eigenvalue weighted by molar-refractivity contribution is 5.02. The lowest BCUT2D eigenvalue weighted by atomic mass is 10.2. The zero-order chi connectivity index (χ0) is 11.8. The van der Waals surface area contributed by atoms with Crippen molar-refractivity contribution in [2.75, 3.05) is 13.2 Å². The van der Waals surface area contributed by atoms with Crippen LogP contribution in [0, 0.1) is 0 Å². The topological polar surface area (TPSA) is 47.0 Å². The Morgan fingerprint density at radius 2 is 2.19 bits per heavy atom. The molecule has 4 heteroatoms. The van der Waals surface area contributed by atoms with Gasteiger partial charge in [-0.05, 0) is 26.8 Å². The molecule has 1 aromatic rings. The third-order valence-electron chi connectivity index (χ3n) is 2.18. The lowest BCUT2D eigenvalue weighted by Gasteiger charge is -2.19. The summed E-state index contributed by atoms with van der Waals surface area (Å²) in [7, 11) is 0. The molecule has 0 radical (unpaired) electrons. The van der Waals surface area contributed by atoms with E-state index < -0.39 is 0 Å². The van der Waals surface area contributed by atoms with Gasteiger partial charge in [0.15, 0.2) is 0 Å². The molecule has 1 atom stereocenters. The van der Waals surface area contributed by atoms with Crippen molar-refractivity contribution in [2.45, 2.75) is 39.3 Å². The number of ether oxygens (including phenoxy) is 1. The highest BCUT2D eigenvalue weighted by Crippen LogP contribution is 2.09. The predicted octanol–water partition coefficient (Wildman–Crippen LogP) is 1.94. The van der Waals surface area contributed by atoms with Gasteiger partial charge in [-0.1, -0.05) is 6.92 Å². The molecule has 1 rings (SSSR count). The molecule has 0 aromatic carbocycles. The lowest BCUT2D eigenvalue weighted by molar-refractivity contribution is 0.0602. The monoisotopic (exact) mass is 223 g/mol. The van der Waals surface area contributed by atoms with Crippen molar-refractivity contribution in [2.24, 2.45) is 0 Å². The first kappa shape index (κ1) is 13.1. The van der Waals surface area contributed by atoms with Crippen LogP contribution in [0.2, 0.25) is 0 Å². The maximum absolute atomic E-state index is 5.63. The molecule has 0 amide bonds. The van der Waals surface area contributed by atoms with Gasteiger partial charge in [-0.2, -0.15) is 0 Å². The molecule has 0 spiro atoms. The van der Waals surface area contributed by atoms with Crippen LogP contribution in [0.5, 0.6) is 0 Å². The van der Waals surface area contributed by atoms with Gasteiger partial charge in [-0.15, -0.1) is 0 Å². The van der Waals surface area contributed by atoms with Gasteiger partial charge in [0.25, 0.3) is 0 Å². The van der Waals surface area contributed by atoms with E-state index in [-0.39, 0.29) is 12.1 Å². The van der Waals surface area contributed by atoms with Crippen molar-refractivity contribution in [3.63, 3.8) is 0 Å². The van der Waals surface area contributed by atoms with E-state index in [1.54, 1.807) is 18.6 Å². The first-order valence-electron chi connectivity index (χ1n) is 5.85. The number of nitrogens with zero attached hydrogens (tertiary/aromatic N) is 2. The van der Waals surface area contributed by atoms with Gasteiger partial charge in [0.1, 0.15) is 0 Å². The summed E-state index contributed by atoms with van der Waals surface area (Å²) in [4.78, 5) is 8.39. The average molecular weight is 223 g/mol. The second-order valence-electron chi connectivity index (χ2n) is 4.02. The summed E-state index contributed by atoms with van der Waals surface area (Å²) < 4.78 is 5.63. The molecule has 1 N–H and O–H groups in total. The Hall–Kier alpha value is -1.00. The van der Waals surface area contributed by atoms with E-state index in [1.807, 2.05) is 13.8 Å². The van der Waals surface area contributed by atoms with Crippen molar-refractivity contribution in [1.82, 2.24) is 15.3 Å². The average Bonchev–Trinajstić information content (AvgIpc) is 2.30. The Morgan fingerprint density at radius 3 is 2.75 bits per heavy atom. The predicted molar refractivity (Wildman–Crippen MR) is 64.2 cm³/mol. The molecule has 0 aliphatic carbocycles. The lowest BCUT2D eigenvalue weighted by Crippen LogP contribution is -2.28. The van der Waals surface area contributed by atoms with Crippen LogP contribution in [-0.2, 0) is 4.74 Å². The Labute approximate surface area is 97.5 Å². The minimum Gasteiger partial charge on any atom is -0.377 e. The van der Waals surface area contributed by atoms with Crippen LogP contribution >= 0.6 is 0 Å². The molecular weight excluding hydrogens is 202 g/mol. The summed E-state index contributed by atoms with van der Waals surface area (Å²) in [5, 5.41) is 3.41. The quantitative estimate of drug-likeness (QED) is 0.767. The van der Waals surface area contributed by atoms with E-state index in [9.17, 15) is 0 Å². The fourth-order valence-electron chi connectivity index (χ4n) is 1.35. The molecule has 0 aliphatic heterocycles. The van der Waals surface area contributed by atoms with Crippen LogP contribution in [0.25, 0.3) is 0 Å². The third kappa shape index (κ3) is 4.68. The van der Waals surface area contributed by atoms with Crippen LogP contribution in [0.15, 0.2) is 18.6 Å². The first-order chi connectivity index (χ1) is 7.74. The molecule has 0 saturated carbocycles. The zero-order valence-electron chi connectivity index (χ0n) is 10.3. The largest absolute Gasteiger partial charge is 0.377 e. The molecule has 90 valence electrons. The van der Waals surface area contributed by atoms with Crippen LogP contribution < -0.4 is 5.32 Å². The van der Waals surface area contributed by atoms with Crippen LogP contribution in [-0.4, -0.2) is 29.2 Å². The SMILES string of the molecule is CCCNC(COC(C)C)c1cnccn1. The van der Waals surface area contributed by atoms with Crippen molar-refractivity contribution in [1.29, 1.82) is 0 Å². The molecule has 0 bridgehead atoms. The third-order valence-corrected chi connectivity index (χ3v) is 2.18. The second-order valence-corrected chi connectivity index (χ2v) is 4.02. The standard InChI is InChI=1S/C12H21N3O/c1-4-5-14-12(9-16-10(2)3)11-8-13-6-7-15-11/h6-8,10,12,14H,4-5,9H2,1-3H3. The number of aromatic nitrogens is 2. The van der Waals surface area contributed by atoms with Gasteiger partial charge in [0.2, 0.25) is 0 Å². The summed E-state index contributed by atoms with van der Waals surface area (Å²) in [5.41, 5.74) is 0.941. The molecule has 1 heterocycles. The summed E-state index contributed by atoms with van der Waals surface area (Å²) >= 11 is 0. The number of hydrogen-bond acceptors (Lipinski definition) is 4.